The molecule has 6 heteroatoms. The van der Waals surface area contributed by atoms with E-state index in [1.807, 2.05) is 7.05 Å². The summed E-state index contributed by atoms with van der Waals surface area (Å²) >= 11 is 0. The molecular weight excluding hydrogens is 389 g/mol. The van der Waals surface area contributed by atoms with E-state index >= 15 is 0 Å². The van der Waals surface area contributed by atoms with Crippen LogP contribution in [-0.2, 0) is 0 Å². The predicted molar refractivity (Wildman–Crippen MR) is 105 cm³/mol. The number of rotatable bonds is 6. The fourth-order valence-corrected chi connectivity index (χ4v) is 2.92. The maximum Gasteiger partial charge on any atom is 0.191 e. The van der Waals surface area contributed by atoms with Crippen molar-refractivity contribution in [2.24, 2.45) is 16.8 Å². The molecule has 0 aromatic carbocycles. The number of hydrogen-bond acceptors (Lipinski definition) is 3. The van der Waals surface area contributed by atoms with Crippen LogP contribution in [0.4, 0.5) is 0 Å². The van der Waals surface area contributed by atoms with Crippen molar-refractivity contribution in [3.05, 3.63) is 0 Å². The molecule has 5 nitrogen and oxygen atoms in total. The fourth-order valence-electron chi connectivity index (χ4n) is 2.92. The molecule has 22 heavy (non-hydrogen) atoms. The monoisotopic (exact) mass is 423 g/mol. The Bertz CT molecular complexity index is 335. The quantitative estimate of drug-likeness (QED) is 0.386. The number of guanidine groups is 1. The van der Waals surface area contributed by atoms with Gasteiger partial charge in [-0.15, -0.1) is 24.0 Å². The molecular formula is C16H34IN5. The molecule has 1 unspecified atom stereocenters. The maximum absolute atomic E-state index is 4.34. The highest BCUT2D eigenvalue weighted by Gasteiger charge is 2.25. The first-order valence-corrected chi connectivity index (χ1v) is 8.47. The number of nitrogens with zero attached hydrogens (tertiary/aromatic N) is 3. The Morgan fingerprint density at radius 1 is 1.14 bits per heavy atom. The van der Waals surface area contributed by atoms with Gasteiger partial charge < -0.3 is 15.5 Å². The molecule has 1 aliphatic carbocycles. The zero-order valence-corrected chi connectivity index (χ0v) is 17.0. The fraction of sp³-hybridized carbons (Fsp3) is 0.938. The van der Waals surface area contributed by atoms with E-state index in [9.17, 15) is 0 Å². The van der Waals surface area contributed by atoms with Gasteiger partial charge in [0.1, 0.15) is 0 Å². The van der Waals surface area contributed by atoms with Crippen LogP contribution >= 0.6 is 24.0 Å². The Morgan fingerprint density at radius 2 is 1.77 bits per heavy atom. The van der Waals surface area contributed by atoms with Gasteiger partial charge in [-0.05, 0) is 31.7 Å². The van der Waals surface area contributed by atoms with E-state index < -0.39 is 0 Å². The predicted octanol–water partition coefficient (Wildman–Crippen LogP) is 1.45. The van der Waals surface area contributed by atoms with Crippen molar-refractivity contribution >= 4 is 29.9 Å². The largest absolute Gasteiger partial charge is 0.356 e. The van der Waals surface area contributed by atoms with Gasteiger partial charge in [0.2, 0.25) is 0 Å². The second kappa shape index (κ2) is 9.93. The van der Waals surface area contributed by atoms with E-state index in [1.54, 1.807) is 0 Å². The van der Waals surface area contributed by atoms with Crippen molar-refractivity contribution in [1.29, 1.82) is 0 Å². The normalized spacial score (nSPS) is 22.3. The molecule has 130 valence electrons. The molecule has 1 heterocycles. The molecule has 0 radical (unpaired) electrons. The highest BCUT2D eigenvalue weighted by atomic mass is 127. The maximum atomic E-state index is 4.34. The molecule has 0 spiro atoms. The standard InChI is InChI=1S/C16H33N5.HI/c1-13(2)15(21-9-7-20(4)8-10-21)12-19-16(17-3)18-11-14-5-6-14;/h13-15H,5-12H2,1-4H3,(H2,17,18,19);1H. The molecule has 0 aromatic heterocycles. The molecule has 1 atom stereocenters. The first kappa shape index (κ1) is 20.0. The summed E-state index contributed by atoms with van der Waals surface area (Å²) in [7, 11) is 4.08. The Kier molecular flexibility index (Phi) is 9.01. The van der Waals surface area contributed by atoms with E-state index in [4.69, 9.17) is 0 Å². The second-order valence-corrected chi connectivity index (χ2v) is 6.93. The van der Waals surface area contributed by atoms with Crippen LogP contribution < -0.4 is 10.6 Å². The van der Waals surface area contributed by atoms with Crippen molar-refractivity contribution in [2.75, 3.05) is 53.4 Å². The van der Waals surface area contributed by atoms with Crippen molar-refractivity contribution in [3.8, 4) is 0 Å². The number of piperazine rings is 1. The lowest BCUT2D eigenvalue weighted by atomic mass is 10.0. The van der Waals surface area contributed by atoms with Crippen LogP contribution in [0.15, 0.2) is 4.99 Å². The van der Waals surface area contributed by atoms with Crippen LogP contribution in [0.1, 0.15) is 26.7 Å². The van der Waals surface area contributed by atoms with Crippen LogP contribution in [0.2, 0.25) is 0 Å². The number of halogens is 1. The second-order valence-electron chi connectivity index (χ2n) is 6.93. The average molecular weight is 423 g/mol. The Morgan fingerprint density at radius 3 is 2.27 bits per heavy atom. The molecule has 0 aromatic rings. The lowest BCUT2D eigenvalue weighted by Crippen LogP contribution is -2.55. The summed E-state index contributed by atoms with van der Waals surface area (Å²) in [6, 6.07) is 0.582. The Labute approximate surface area is 153 Å². The van der Waals surface area contributed by atoms with Crippen LogP contribution in [0.3, 0.4) is 0 Å². The third-order valence-electron chi connectivity index (χ3n) is 4.73. The molecule has 1 saturated carbocycles. The summed E-state index contributed by atoms with van der Waals surface area (Å²) in [5.41, 5.74) is 0. The average Bonchev–Trinajstić information content (AvgIpc) is 3.28. The number of nitrogens with one attached hydrogen (secondary N) is 2. The summed E-state index contributed by atoms with van der Waals surface area (Å²) < 4.78 is 0. The first-order valence-electron chi connectivity index (χ1n) is 8.47. The van der Waals surface area contributed by atoms with Crippen LogP contribution in [0.25, 0.3) is 0 Å². The smallest absolute Gasteiger partial charge is 0.191 e. The zero-order valence-electron chi connectivity index (χ0n) is 14.6. The van der Waals surface area contributed by atoms with Gasteiger partial charge in [-0.3, -0.25) is 9.89 Å². The summed E-state index contributed by atoms with van der Waals surface area (Å²) in [6.45, 7) is 11.4. The third kappa shape index (κ3) is 6.58. The molecule has 2 fully saturated rings. The SMILES string of the molecule is CN=C(NCC1CC1)NCC(C(C)C)N1CCN(C)CC1.I. The summed E-state index contributed by atoms with van der Waals surface area (Å²) in [6.07, 6.45) is 2.75. The summed E-state index contributed by atoms with van der Waals surface area (Å²) in [5, 5.41) is 6.97. The van der Waals surface area contributed by atoms with Crippen molar-refractivity contribution in [2.45, 2.75) is 32.7 Å². The lowest BCUT2D eigenvalue weighted by Gasteiger charge is -2.40. The molecule has 2 N–H and O–H groups in total. The molecule has 1 saturated heterocycles. The van der Waals surface area contributed by atoms with Gasteiger partial charge in [0.25, 0.3) is 0 Å². The van der Waals surface area contributed by atoms with E-state index in [1.165, 1.54) is 39.0 Å². The number of hydrogen-bond donors (Lipinski definition) is 2. The Balaban J connectivity index is 0.00000242. The van der Waals surface area contributed by atoms with Crippen LogP contribution in [-0.4, -0.2) is 75.2 Å². The highest BCUT2D eigenvalue weighted by Crippen LogP contribution is 2.27. The number of aliphatic imine (C=N–C) groups is 1. The van der Waals surface area contributed by atoms with Crippen LogP contribution in [0.5, 0.6) is 0 Å². The number of likely N-dealkylation sites (N-methyl/N-ethyl adjacent to an activating group) is 1. The van der Waals surface area contributed by atoms with Gasteiger partial charge in [0, 0.05) is 52.4 Å². The molecule has 0 bridgehead atoms. The molecule has 1 aliphatic heterocycles. The van der Waals surface area contributed by atoms with E-state index in [2.05, 4.69) is 46.3 Å². The zero-order chi connectivity index (χ0) is 15.2. The van der Waals surface area contributed by atoms with Crippen molar-refractivity contribution in [3.63, 3.8) is 0 Å². The van der Waals surface area contributed by atoms with Gasteiger partial charge in [-0.1, -0.05) is 13.8 Å². The third-order valence-corrected chi connectivity index (χ3v) is 4.73. The lowest BCUT2D eigenvalue weighted by molar-refractivity contribution is 0.0900. The topological polar surface area (TPSA) is 42.9 Å². The molecule has 2 rings (SSSR count). The molecule has 2 aliphatic rings. The Hall–Kier alpha value is -0.0800. The van der Waals surface area contributed by atoms with Gasteiger partial charge in [0.15, 0.2) is 5.96 Å². The van der Waals surface area contributed by atoms with Gasteiger partial charge in [-0.2, -0.15) is 0 Å². The minimum Gasteiger partial charge on any atom is -0.356 e. The van der Waals surface area contributed by atoms with Gasteiger partial charge >= 0.3 is 0 Å². The van der Waals surface area contributed by atoms with E-state index in [0.717, 1.165) is 25.0 Å². The van der Waals surface area contributed by atoms with Crippen molar-refractivity contribution < 1.29 is 0 Å². The highest BCUT2D eigenvalue weighted by molar-refractivity contribution is 14.0. The first-order chi connectivity index (χ1) is 10.1. The van der Waals surface area contributed by atoms with Gasteiger partial charge in [0.05, 0.1) is 0 Å². The van der Waals surface area contributed by atoms with E-state index in [0.29, 0.717) is 12.0 Å². The summed E-state index contributed by atoms with van der Waals surface area (Å²) in [4.78, 5) is 9.39. The minimum atomic E-state index is 0. The van der Waals surface area contributed by atoms with Crippen LogP contribution in [0, 0.1) is 11.8 Å². The minimum absolute atomic E-state index is 0. The van der Waals surface area contributed by atoms with Crippen molar-refractivity contribution in [1.82, 2.24) is 20.4 Å². The van der Waals surface area contributed by atoms with Gasteiger partial charge in [-0.25, -0.2) is 0 Å². The molecule has 0 amide bonds. The van der Waals surface area contributed by atoms with E-state index in [-0.39, 0.29) is 24.0 Å². The summed E-state index contributed by atoms with van der Waals surface area (Å²) in [5.74, 6) is 2.49.